The molecule has 1 aromatic rings. The van der Waals surface area contributed by atoms with Gasteiger partial charge in [-0.1, -0.05) is 0 Å². The number of benzene rings is 1. The summed E-state index contributed by atoms with van der Waals surface area (Å²) in [5.41, 5.74) is 8.73. The summed E-state index contributed by atoms with van der Waals surface area (Å²) in [6, 6.07) is 4.52. The van der Waals surface area contributed by atoms with Crippen molar-refractivity contribution in [3.8, 4) is 5.75 Å². The van der Waals surface area contributed by atoms with Gasteiger partial charge in [-0.3, -0.25) is 0 Å². The third-order valence-corrected chi connectivity index (χ3v) is 3.62. The zero-order valence-electron chi connectivity index (χ0n) is 8.22. The molecule has 2 rings (SSSR count). The number of fused-ring (bicyclic) bond motifs is 1. The van der Waals surface area contributed by atoms with Crippen molar-refractivity contribution in [3.05, 3.63) is 26.8 Å². The van der Waals surface area contributed by atoms with Crippen molar-refractivity contribution in [2.45, 2.75) is 25.3 Å². The highest BCUT2D eigenvalue weighted by atomic mass is 127. The van der Waals surface area contributed by atoms with E-state index in [1.54, 1.807) is 7.11 Å². The summed E-state index contributed by atoms with van der Waals surface area (Å²) in [6.45, 7) is 0. The molecule has 0 saturated carbocycles. The molecule has 0 bridgehead atoms. The van der Waals surface area contributed by atoms with E-state index in [0.29, 0.717) is 0 Å². The van der Waals surface area contributed by atoms with E-state index in [1.807, 2.05) is 0 Å². The van der Waals surface area contributed by atoms with Crippen LogP contribution in [0.3, 0.4) is 0 Å². The van der Waals surface area contributed by atoms with Crippen LogP contribution in [0.25, 0.3) is 0 Å². The van der Waals surface area contributed by atoms with Gasteiger partial charge in [-0.15, -0.1) is 0 Å². The van der Waals surface area contributed by atoms with Crippen LogP contribution in [0.1, 0.15) is 30.0 Å². The van der Waals surface area contributed by atoms with Crippen LogP contribution in [0, 0.1) is 3.57 Å². The third-order valence-electron chi connectivity index (χ3n) is 2.77. The van der Waals surface area contributed by atoms with Crippen molar-refractivity contribution >= 4 is 22.6 Å². The quantitative estimate of drug-likeness (QED) is 0.810. The van der Waals surface area contributed by atoms with Crippen LogP contribution in [-0.4, -0.2) is 7.11 Å². The Bertz CT molecular complexity index is 351. The highest BCUT2D eigenvalue weighted by molar-refractivity contribution is 14.1. The van der Waals surface area contributed by atoms with Crippen molar-refractivity contribution in [2.24, 2.45) is 5.73 Å². The molecule has 0 radical (unpaired) electrons. The molecule has 2 nitrogen and oxygen atoms in total. The van der Waals surface area contributed by atoms with E-state index >= 15 is 0 Å². The van der Waals surface area contributed by atoms with Gasteiger partial charge in [-0.25, -0.2) is 0 Å². The minimum absolute atomic E-state index is 0.221. The van der Waals surface area contributed by atoms with Crippen molar-refractivity contribution in [1.82, 2.24) is 0 Å². The molecule has 0 unspecified atom stereocenters. The van der Waals surface area contributed by atoms with E-state index in [4.69, 9.17) is 10.5 Å². The number of ether oxygens (including phenoxy) is 1. The van der Waals surface area contributed by atoms with Crippen LogP contribution in [0.15, 0.2) is 12.1 Å². The Labute approximate surface area is 98.0 Å². The predicted molar refractivity (Wildman–Crippen MR) is 65.6 cm³/mol. The minimum atomic E-state index is 0.221. The molecule has 0 aromatic heterocycles. The molecular formula is C11H14INO. The average molecular weight is 303 g/mol. The third kappa shape index (κ3) is 1.75. The Morgan fingerprint density at radius 3 is 3.00 bits per heavy atom. The van der Waals surface area contributed by atoms with Gasteiger partial charge in [-0.05, 0) is 65.1 Å². The Morgan fingerprint density at radius 1 is 1.50 bits per heavy atom. The Balaban J connectivity index is 2.48. The number of rotatable bonds is 1. The molecule has 1 aromatic carbocycles. The first kappa shape index (κ1) is 10.2. The van der Waals surface area contributed by atoms with Gasteiger partial charge in [0.25, 0.3) is 0 Å². The van der Waals surface area contributed by atoms with Crippen molar-refractivity contribution in [3.63, 3.8) is 0 Å². The van der Waals surface area contributed by atoms with E-state index in [2.05, 4.69) is 34.7 Å². The zero-order chi connectivity index (χ0) is 10.1. The molecule has 2 N–H and O–H groups in total. The van der Waals surface area contributed by atoms with Crippen molar-refractivity contribution < 1.29 is 4.74 Å². The van der Waals surface area contributed by atoms with Gasteiger partial charge < -0.3 is 10.5 Å². The average Bonchev–Trinajstić information content (AvgIpc) is 2.19. The smallest absolute Gasteiger partial charge is 0.132 e. The fraction of sp³-hybridized carbons (Fsp3) is 0.455. The van der Waals surface area contributed by atoms with Crippen LogP contribution in [-0.2, 0) is 6.42 Å². The van der Waals surface area contributed by atoms with Crippen LogP contribution in [0.5, 0.6) is 5.75 Å². The maximum atomic E-state index is 6.06. The molecule has 1 aliphatic carbocycles. The number of hydrogen-bond acceptors (Lipinski definition) is 2. The lowest BCUT2D eigenvalue weighted by molar-refractivity contribution is 0.410. The van der Waals surface area contributed by atoms with Crippen LogP contribution >= 0.6 is 22.6 Å². The van der Waals surface area contributed by atoms with Gasteiger partial charge in [-0.2, -0.15) is 0 Å². The monoisotopic (exact) mass is 303 g/mol. The Morgan fingerprint density at radius 2 is 2.29 bits per heavy atom. The summed E-state index contributed by atoms with van der Waals surface area (Å²) in [6.07, 6.45) is 3.43. The van der Waals surface area contributed by atoms with E-state index in [1.165, 1.54) is 17.5 Å². The van der Waals surface area contributed by atoms with Gasteiger partial charge in [0.1, 0.15) is 5.75 Å². The molecule has 14 heavy (non-hydrogen) atoms. The SMILES string of the molecule is COc1cc2c(cc1I)[C@H](N)CCC2. The highest BCUT2D eigenvalue weighted by Crippen LogP contribution is 2.33. The summed E-state index contributed by atoms with van der Waals surface area (Å²) in [5, 5.41) is 0. The van der Waals surface area contributed by atoms with Crippen molar-refractivity contribution in [2.75, 3.05) is 7.11 Å². The zero-order valence-corrected chi connectivity index (χ0v) is 10.4. The van der Waals surface area contributed by atoms with Crippen LogP contribution in [0.4, 0.5) is 0 Å². The predicted octanol–water partition coefficient (Wildman–Crippen LogP) is 2.64. The van der Waals surface area contributed by atoms with Crippen LogP contribution in [0.2, 0.25) is 0 Å². The van der Waals surface area contributed by atoms with E-state index in [9.17, 15) is 0 Å². The highest BCUT2D eigenvalue weighted by Gasteiger charge is 2.18. The second kappa shape index (κ2) is 4.06. The molecule has 0 amide bonds. The summed E-state index contributed by atoms with van der Waals surface area (Å²) in [7, 11) is 1.71. The molecule has 1 atom stereocenters. The summed E-state index contributed by atoms with van der Waals surface area (Å²) < 4.78 is 6.45. The lowest BCUT2D eigenvalue weighted by atomic mass is 9.88. The summed E-state index contributed by atoms with van der Waals surface area (Å²) >= 11 is 2.30. The normalized spacial score (nSPS) is 20.4. The number of methoxy groups -OCH3 is 1. The lowest BCUT2D eigenvalue weighted by Crippen LogP contribution is -2.17. The largest absolute Gasteiger partial charge is 0.496 e. The molecule has 0 aliphatic heterocycles. The fourth-order valence-corrected chi connectivity index (χ4v) is 2.71. The Kier molecular flexibility index (Phi) is 2.97. The summed E-state index contributed by atoms with van der Waals surface area (Å²) in [5.74, 6) is 0.971. The number of halogens is 1. The van der Waals surface area contributed by atoms with Gasteiger partial charge >= 0.3 is 0 Å². The topological polar surface area (TPSA) is 35.2 Å². The molecule has 1 aliphatic rings. The van der Waals surface area contributed by atoms with Crippen LogP contribution < -0.4 is 10.5 Å². The van der Waals surface area contributed by atoms with E-state index < -0.39 is 0 Å². The molecule has 0 heterocycles. The van der Waals surface area contributed by atoms with E-state index in [0.717, 1.165) is 22.2 Å². The molecule has 0 fully saturated rings. The second-order valence-electron chi connectivity index (χ2n) is 3.68. The first-order valence-corrected chi connectivity index (χ1v) is 5.92. The van der Waals surface area contributed by atoms with Crippen molar-refractivity contribution in [1.29, 1.82) is 0 Å². The van der Waals surface area contributed by atoms with Gasteiger partial charge in [0.05, 0.1) is 10.7 Å². The molecular weight excluding hydrogens is 289 g/mol. The first-order valence-electron chi connectivity index (χ1n) is 4.84. The van der Waals surface area contributed by atoms with Gasteiger partial charge in [0.2, 0.25) is 0 Å². The number of nitrogens with two attached hydrogens (primary N) is 1. The molecule has 3 heteroatoms. The molecule has 76 valence electrons. The molecule has 0 saturated heterocycles. The maximum absolute atomic E-state index is 6.06. The lowest BCUT2D eigenvalue weighted by Gasteiger charge is -2.23. The van der Waals surface area contributed by atoms with Gasteiger partial charge in [0.15, 0.2) is 0 Å². The number of aryl methyl sites for hydroxylation is 1. The fourth-order valence-electron chi connectivity index (χ4n) is 2.00. The Hall–Kier alpha value is -0.290. The van der Waals surface area contributed by atoms with E-state index in [-0.39, 0.29) is 6.04 Å². The minimum Gasteiger partial charge on any atom is -0.496 e. The maximum Gasteiger partial charge on any atom is 0.132 e. The summed E-state index contributed by atoms with van der Waals surface area (Å²) in [4.78, 5) is 0. The van der Waals surface area contributed by atoms with Gasteiger partial charge in [0, 0.05) is 6.04 Å². The second-order valence-corrected chi connectivity index (χ2v) is 4.85. The first-order chi connectivity index (χ1) is 6.72. The molecule has 0 spiro atoms. The standard InChI is InChI=1S/C11H14INO/c1-14-11-5-7-3-2-4-10(13)8(7)6-9(11)12/h5-6,10H,2-4,13H2,1H3/t10-/m1/s1. The number of hydrogen-bond donors (Lipinski definition) is 1.